The molecule has 0 amide bonds. The van der Waals surface area contributed by atoms with Crippen molar-refractivity contribution in [2.75, 3.05) is 38.0 Å². The molecule has 2 aromatic rings. The molecule has 0 radical (unpaired) electrons. The SMILES string of the molecule is CN(C)c1ccc2c(c1)Oc1cc(N(C)C)ccc1C2. The molecule has 0 N–H and O–H groups in total. The van der Waals surface area contributed by atoms with Gasteiger partial charge in [0.2, 0.25) is 0 Å². The summed E-state index contributed by atoms with van der Waals surface area (Å²) in [5.74, 6) is 1.94. The summed E-state index contributed by atoms with van der Waals surface area (Å²) in [6.07, 6.45) is 0.937. The van der Waals surface area contributed by atoms with E-state index in [4.69, 9.17) is 4.74 Å². The van der Waals surface area contributed by atoms with Crippen molar-refractivity contribution in [2.45, 2.75) is 6.42 Å². The molecule has 1 aliphatic heterocycles. The number of ether oxygens (including phenoxy) is 1. The van der Waals surface area contributed by atoms with Crippen LogP contribution in [0.25, 0.3) is 0 Å². The molecular weight excluding hydrogens is 248 g/mol. The second-order valence-electron chi connectivity index (χ2n) is 5.65. The van der Waals surface area contributed by atoms with Crippen molar-refractivity contribution >= 4 is 11.4 Å². The van der Waals surface area contributed by atoms with Gasteiger partial charge >= 0.3 is 0 Å². The number of rotatable bonds is 2. The van der Waals surface area contributed by atoms with Crippen LogP contribution in [-0.2, 0) is 6.42 Å². The van der Waals surface area contributed by atoms with E-state index in [0.717, 1.165) is 29.3 Å². The van der Waals surface area contributed by atoms with Crippen molar-refractivity contribution in [3.8, 4) is 11.5 Å². The average Bonchev–Trinajstić information content (AvgIpc) is 2.43. The molecule has 1 heterocycles. The molecule has 0 saturated carbocycles. The molecule has 0 aromatic heterocycles. The summed E-state index contributed by atoms with van der Waals surface area (Å²) >= 11 is 0. The molecule has 0 fully saturated rings. The maximum Gasteiger partial charge on any atom is 0.133 e. The van der Waals surface area contributed by atoms with Gasteiger partial charge in [-0.1, -0.05) is 12.1 Å². The number of hydrogen-bond acceptors (Lipinski definition) is 3. The van der Waals surface area contributed by atoms with E-state index in [-0.39, 0.29) is 0 Å². The van der Waals surface area contributed by atoms with E-state index in [0.29, 0.717) is 0 Å². The van der Waals surface area contributed by atoms with Gasteiger partial charge in [0.25, 0.3) is 0 Å². The lowest BCUT2D eigenvalue weighted by atomic mass is 9.99. The van der Waals surface area contributed by atoms with Gasteiger partial charge in [0.1, 0.15) is 11.5 Å². The van der Waals surface area contributed by atoms with E-state index in [1.807, 2.05) is 28.2 Å². The molecule has 104 valence electrons. The first-order chi connectivity index (χ1) is 9.54. The van der Waals surface area contributed by atoms with E-state index in [1.165, 1.54) is 11.1 Å². The van der Waals surface area contributed by atoms with Crippen LogP contribution in [0.1, 0.15) is 11.1 Å². The van der Waals surface area contributed by atoms with Crippen molar-refractivity contribution in [2.24, 2.45) is 0 Å². The summed E-state index contributed by atoms with van der Waals surface area (Å²) in [5, 5.41) is 0. The maximum atomic E-state index is 6.11. The zero-order valence-electron chi connectivity index (χ0n) is 12.5. The average molecular weight is 268 g/mol. The summed E-state index contributed by atoms with van der Waals surface area (Å²) in [6, 6.07) is 12.8. The Morgan fingerprint density at radius 3 is 1.60 bits per heavy atom. The Hall–Kier alpha value is -2.16. The zero-order valence-corrected chi connectivity index (χ0v) is 12.5. The quantitative estimate of drug-likeness (QED) is 0.707. The Morgan fingerprint density at radius 2 is 1.20 bits per heavy atom. The minimum atomic E-state index is 0.937. The van der Waals surface area contributed by atoms with Crippen molar-refractivity contribution in [3.05, 3.63) is 47.5 Å². The minimum absolute atomic E-state index is 0.937. The van der Waals surface area contributed by atoms with Crippen LogP contribution >= 0.6 is 0 Å². The van der Waals surface area contributed by atoms with Crippen LogP contribution in [0.3, 0.4) is 0 Å². The summed E-state index contributed by atoms with van der Waals surface area (Å²) in [4.78, 5) is 4.19. The van der Waals surface area contributed by atoms with E-state index < -0.39 is 0 Å². The Kier molecular flexibility index (Phi) is 3.05. The van der Waals surface area contributed by atoms with Gasteiger partial charge in [-0.25, -0.2) is 0 Å². The fourth-order valence-electron chi connectivity index (χ4n) is 2.45. The molecular formula is C17H20N2O. The van der Waals surface area contributed by atoms with Gasteiger partial charge in [-0.2, -0.15) is 0 Å². The maximum absolute atomic E-state index is 6.11. The Bertz CT molecular complexity index is 592. The molecule has 0 bridgehead atoms. The molecule has 0 atom stereocenters. The first kappa shape index (κ1) is 12.9. The van der Waals surface area contributed by atoms with Crippen LogP contribution in [0.2, 0.25) is 0 Å². The molecule has 0 saturated heterocycles. The van der Waals surface area contributed by atoms with E-state index in [1.54, 1.807) is 0 Å². The van der Waals surface area contributed by atoms with Crippen molar-refractivity contribution in [1.82, 2.24) is 0 Å². The van der Waals surface area contributed by atoms with Gasteiger partial charge in [-0.05, 0) is 23.3 Å². The van der Waals surface area contributed by atoms with Gasteiger partial charge in [-0.15, -0.1) is 0 Å². The number of nitrogens with zero attached hydrogens (tertiary/aromatic N) is 2. The van der Waals surface area contributed by atoms with Gasteiger partial charge in [0, 0.05) is 58.1 Å². The van der Waals surface area contributed by atoms with Gasteiger partial charge in [0.05, 0.1) is 0 Å². The predicted molar refractivity (Wildman–Crippen MR) is 84.4 cm³/mol. The fourth-order valence-corrected chi connectivity index (χ4v) is 2.45. The van der Waals surface area contributed by atoms with E-state index >= 15 is 0 Å². The van der Waals surface area contributed by atoms with Crippen LogP contribution in [-0.4, -0.2) is 28.2 Å². The molecule has 0 aliphatic carbocycles. The van der Waals surface area contributed by atoms with Crippen LogP contribution in [0.15, 0.2) is 36.4 Å². The molecule has 3 heteroatoms. The lowest BCUT2D eigenvalue weighted by Crippen LogP contribution is -2.11. The molecule has 20 heavy (non-hydrogen) atoms. The normalized spacial score (nSPS) is 12.2. The first-order valence-electron chi connectivity index (χ1n) is 6.83. The van der Waals surface area contributed by atoms with E-state index in [9.17, 15) is 0 Å². The lowest BCUT2D eigenvalue weighted by molar-refractivity contribution is 0.460. The van der Waals surface area contributed by atoms with Crippen LogP contribution in [0.4, 0.5) is 11.4 Å². The first-order valence-corrected chi connectivity index (χ1v) is 6.83. The fraction of sp³-hybridized carbons (Fsp3) is 0.294. The zero-order chi connectivity index (χ0) is 14.3. The van der Waals surface area contributed by atoms with Gasteiger partial charge in [0.15, 0.2) is 0 Å². The predicted octanol–water partition coefficient (Wildman–Crippen LogP) is 3.52. The largest absolute Gasteiger partial charge is 0.457 e. The Morgan fingerprint density at radius 1 is 0.750 bits per heavy atom. The summed E-state index contributed by atoms with van der Waals surface area (Å²) in [7, 11) is 8.18. The third-order valence-corrected chi connectivity index (χ3v) is 3.74. The van der Waals surface area contributed by atoms with Gasteiger partial charge in [-0.3, -0.25) is 0 Å². The van der Waals surface area contributed by atoms with Crippen LogP contribution < -0.4 is 14.5 Å². The molecule has 0 spiro atoms. The topological polar surface area (TPSA) is 15.7 Å². The molecule has 3 rings (SSSR count). The lowest BCUT2D eigenvalue weighted by Gasteiger charge is -2.24. The van der Waals surface area contributed by atoms with Crippen LogP contribution in [0, 0.1) is 0 Å². The van der Waals surface area contributed by atoms with Crippen molar-refractivity contribution in [3.63, 3.8) is 0 Å². The highest BCUT2D eigenvalue weighted by molar-refractivity contribution is 5.61. The van der Waals surface area contributed by atoms with Crippen molar-refractivity contribution < 1.29 is 4.74 Å². The molecule has 2 aromatic carbocycles. The smallest absolute Gasteiger partial charge is 0.133 e. The number of fused-ring (bicyclic) bond motifs is 2. The monoisotopic (exact) mass is 268 g/mol. The second kappa shape index (κ2) is 4.75. The van der Waals surface area contributed by atoms with Crippen LogP contribution in [0.5, 0.6) is 11.5 Å². The second-order valence-corrected chi connectivity index (χ2v) is 5.65. The number of benzene rings is 2. The third kappa shape index (κ3) is 2.20. The minimum Gasteiger partial charge on any atom is -0.457 e. The Labute approximate surface area is 120 Å². The molecule has 0 unspecified atom stereocenters. The number of anilines is 2. The summed E-state index contributed by atoms with van der Waals surface area (Å²) in [6.45, 7) is 0. The molecule has 3 nitrogen and oxygen atoms in total. The summed E-state index contributed by atoms with van der Waals surface area (Å²) in [5.41, 5.74) is 4.83. The van der Waals surface area contributed by atoms with Crippen molar-refractivity contribution in [1.29, 1.82) is 0 Å². The number of hydrogen-bond donors (Lipinski definition) is 0. The Balaban J connectivity index is 1.99. The summed E-state index contributed by atoms with van der Waals surface area (Å²) < 4.78 is 6.11. The highest BCUT2D eigenvalue weighted by Crippen LogP contribution is 2.39. The van der Waals surface area contributed by atoms with E-state index in [2.05, 4.69) is 46.2 Å². The third-order valence-electron chi connectivity index (χ3n) is 3.74. The standard InChI is InChI=1S/C17H20N2O/c1-18(2)14-7-5-12-9-13-6-8-15(19(3)4)11-17(13)20-16(12)10-14/h5-8,10-11H,9H2,1-4H3. The highest BCUT2D eigenvalue weighted by Gasteiger charge is 2.18. The van der Waals surface area contributed by atoms with Gasteiger partial charge < -0.3 is 14.5 Å². The highest BCUT2D eigenvalue weighted by atomic mass is 16.5. The molecule has 1 aliphatic rings.